The minimum atomic E-state index is -3.72. The van der Waals surface area contributed by atoms with Crippen LogP contribution in [0.4, 0.5) is 17.6 Å². The van der Waals surface area contributed by atoms with Crippen LogP contribution in [0.25, 0.3) is 0 Å². The maximum Gasteiger partial charge on any atom is 0.432 e. The van der Waals surface area contributed by atoms with Crippen LogP contribution in [0.3, 0.4) is 0 Å². The fraction of sp³-hybridized carbons (Fsp3) is 0.586. The quantitative estimate of drug-likeness (QED) is 0.188. The van der Waals surface area contributed by atoms with Crippen molar-refractivity contribution in [3.05, 3.63) is 53.6 Å². The molecular weight excluding hydrogens is 472 g/mol. The molecule has 0 atom stereocenters. The third kappa shape index (κ3) is 8.59. The summed E-state index contributed by atoms with van der Waals surface area (Å²) in [6, 6.07) is 8.74. The van der Waals surface area contributed by atoms with E-state index in [1.807, 2.05) is 0 Å². The van der Waals surface area contributed by atoms with Crippen molar-refractivity contribution in [1.29, 1.82) is 0 Å². The Labute approximate surface area is 212 Å². The molecule has 2 aromatic rings. The van der Waals surface area contributed by atoms with Crippen LogP contribution in [0.2, 0.25) is 0 Å². The Bertz CT molecular complexity index is 925. The molecular formula is C29H38F4O3. The summed E-state index contributed by atoms with van der Waals surface area (Å²) in [5, 5.41) is 0. The average Bonchev–Trinajstić information content (AvgIpc) is 2.86. The summed E-state index contributed by atoms with van der Waals surface area (Å²) in [6.07, 6.45) is 7.07. The monoisotopic (exact) mass is 510 g/mol. The first kappa shape index (κ1) is 28.1. The first-order valence-corrected chi connectivity index (χ1v) is 13.2. The Hall–Kier alpha value is -2.44. The molecule has 0 saturated heterocycles. The van der Waals surface area contributed by atoms with Crippen LogP contribution in [-0.2, 0) is 6.42 Å². The molecule has 0 aliphatic heterocycles. The van der Waals surface area contributed by atoms with E-state index in [1.54, 1.807) is 12.1 Å². The molecule has 7 heteroatoms. The Kier molecular flexibility index (Phi) is 10.7. The zero-order chi connectivity index (χ0) is 26.0. The number of hydrogen-bond acceptors (Lipinski definition) is 3. The van der Waals surface area contributed by atoms with Gasteiger partial charge in [-0.05, 0) is 67.3 Å². The Balaban J connectivity index is 1.48. The molecule has 3 rings (SSSR count). The topological polar surface area (TPSA) is 27.7 Å². The molecule has 2 aromatic carbocycles. The summed E-state index contributed by atoms with van der Waals surface area (Å²) in [6.45, 7) is 3.34. The van der Waals surface area contributed by atoms with Crippen molar-refractivity contribution in [3.63, 3.8) is 0 Å². The van der Waals surface area contributed by atoms with E-state index >= 15 is 0 Å². The number of ether oxygens (including phenoxy) is 3. The zero-order valence-electron chi connectivity index (χ0n) is 21.3. The molecule has 1 aliphatic carbocycles. The molecule has 3 nitrogen and oxygen atoms in total. The lowest BCUT2D eigenvalue weighted by molar-refractivity contribution is -0.195. The van der Waals surface area contributed by atoms with Gasteiger partial charge in [0.05, 0.1) is 6.61 Å². The summed E-state index contributed by atoms with van der Waals surface area (Å²) < 4.78 is 72.6. The summed E-state index contributed by atoms with van der Waals surface area (Å²) in [4.78, 5) is 0. The van der Waals surface area contributed by atoms with Crippen molar-refractivity contribution >= 4 is 0 Å². The molecule has 36 heavy (non-hydrogen) atoms. The number of benzene rings is 2. The smallest absolute Gasteiger partial charge is 0.432 e. The molecule has 0 spiro atoms. The largest absolute Gasteiger partial charge is 0.490 e. The van der Waals surface area contributed by atoms with Gasteiger partial charge in [-0.2, -0.15) is 17.6 Å². The van der Waals surface area contributed by atoms with E-state index in [4.69, 9.17) is 14.2 Å². The molecule has 0 amide bonds. The van der Waals surface area contributed by atoms with E-state index in [1.165, 1.54) is 31.0 Å². The summed E-state index contributed by atoms with van der Waals surface area (Å²) in [5.74, 6) is -2.43. The normalized spacial score (nSPS) is 18.2. The summed E-state index contributed by atoms with van der Waals surface area (Å²) in [7, 11) is 0. The lowest BCUT2D eigenvalue weighted by Gasteiger charge is -2.28. The first-order chi connectivity index (χ1) is 17.3. The van der Waals surface area contributed by atoms with Crippen molar-refractivity contribution in [2.75, 3.05) is 13.2 Å². The van der Waals surface area contributed by atoms with E-state index in [-0.39, 0.29) is 11.5 Å². The van der Waals surface area contributed by atoms with E-state index in [0.29, 0.717) is 12.5 Å². The summed E-state index contributed by atoms with van der Waals surface area (Å²) >= 11 is 0. The van der Waals surface area contributed by atoms with Crippen LogP contribution < -0.4 is 14.2 Å². The second-order valence-corrected chi connectivity index (χ2v) is 9.81. The highest BCUT2D eigenvalue weighted by Gasteiger charge is 2.34. The van der Waals surface area contributed by atoms with Crippen LogP contribution in [0, 0.1) is 23.5 Å². The zero-order valence-corrected chi connectivity index (χ0v) is 21.3. The number of alkyl halides is 2. The number of unbranched alkanes of at least 4 members (excludes halogenated alkanes) is 2. The molecule has 1 aliphatic rings. The number of rotatable bonds is 14. The van der Waals surface area contributed by atoms with Crippen molar-refractivity contribution in [3.8, 4) is 17.2 Å². The molecule has 200 valence electrons. The number of aryl methyl sites for hydroxylation is 1. The summed E-state index contributed by atoms with van der Waals surface area (Å²) in [5.41, 5.74) is 1.04. The number of halogens is 4. The molecule has 0 aromatic heterocycles. The maximum atomic E-state index is 14.5. The molecule has 0 radical (unpaired) electrons. The van der Waals surface area contributed by atoms with Crippen LogP contribution in [0.5, 0.6) is 17.2 Å². The fourth-order valence-electron chi connectivity index (χ4n) is 4.71. The molecule has 1 saturated carbocycles. The third-order valence-corrected chi connectivity index (χ3v) is 6.80. The number of hydrogen-bond donors (Lipinski definition) is 0. The highest BCUT2D eigenvalue weighted by molar-refractivity contribution is 5.35. The molecule has 0 N–H and O–H groups in total. The second kappa shape index (κ2) is 13.8. The molecule has 0 bridgehead atoms. The maximum absolute atomic E-state index is 14.5. The average molecular weight is 511 g/mol. The Morgan fingerprint density at radius 3 is 2.00 bits per heavy atom. The Morgan fingerprint density at radius 2 is 1.39 bits per heavy atom. The Morgan fingerprint density at radius 1 is 0.778 bits per heavy atom. The van der Waals surface area contributed by atoms with E-state index in [2.05, 4.69) is 13.8 Å². The van der Waals surface area contributed by atoms with Crippen molar-refractivity contribution in [2.24, 2.45) is 11.8 Å². The predicted molar refractivity (Wildman–Crippen MR) is 133 cm³/mol. The minimum absolute atomic E-state index is 0.0260. The van der Waals surface area contributed by atoms with Gasteiger partial charge in [0, 0.05) is 0 Å². The second-order valence-electron chi connectivity index (χ2n) is 9.81. The molecule has 0 heterocycles. The van der Waals surface area contributed by atoms with Gasteiger partial charge in [-0.15, -0.1) is 0 Å². The van der Waals surface area contributed by atoms with Gasteiger partial charge in [0.2, 0.25) is 11.6 Å². The molecule has 0 unspecified atom stereocenters. The van der Waals surface area contributed by atoms with Gasteiger partial charge in [0.1, 0.15) is 5.75 Å². The lowest BCUT2D eigenvalue weighted by atomic mass is 9.80. The van der Waals surface area contributed by atoms with Crippen LogP contribution >= 0.6 is 0 Å². The SMILES string of the molecule is CCCCCc1ccc(OC(F)(F)COc2ccc(OCC3CCC(CCC)CC3)c(F)c2F)cc1. The standard InChI is InChI=1S/C29H38F4O3/c1-3-5-6-8-22-13-15-24(16-14-22)36-29(32,33)20-35-26-18-17-25(27(30)28(26)31)34-19-23-11-9-21(7-4-2)10-12-23/h13-18,21,23H,3-12,19-20H2,1-2H3. The fourth-order valence-corrected chi connectivity index (χ4v) is 4.71. The van der Waals surface area contributed by atoms with Gasteiger partial charge in [-0.1, -0.05) is 64.5 Å². The molecule has 1 fully saturated rings. The van der Waals surface area contributed by atoms with Gasteiger partial charge in [-0.25, -0.2) is 0 Å². The van der Waals surface area contributed by atoms with Crippen LogP contribution in [0.1, 0.15) is 77.2 Å². The van der Waals surface area contributed by atoms with Crippen molar-refractivity contribution in [1.82, 2.24) is 0 Å². The third-order valence-electron chi connectivity index (χ3n) is 6.80. The highest BCUT2D eigenvalue weighted by Crippen LogP contribution is 2.34. The van der Waals surface area contributed by atoms with Crippen LogP contribution in [-0.4, -0.2) is 19.3 Å². The minimum Gasteiger partial charge on any atom is -0.490 e. The van der Waals surface area contributed by atoms with Gasteiger partial charge < -0.3 is 14.2 Å². The predicted octanol–water partition coefficient (Wildman–Crippen LogP) is 8.73. The lowest BCUT2D eigenvalue weighted by Crippen LogP contribution is -2.32. The van der Waals surface area contributed by atoms with E-state index in [9.17, 15) is 17.6 Å². The van der Waals surface area contributed by atoms with Crippen molar-refractivity contribution in [2.45, 2.75) is 84.2 Å². The van der Waals surface area contributed by atoms with Gasteiger partial charge >= 0.3 is 6.11 Å². The van der Waals surface area contributed by atoms with Crippen molar-refractivity contribution < 1.29 is 31.8 Å². The van der Waals surface area contributed by atoms with E-state index < -0.39 is 30.1 Å². The highest BCUT2D eigenvalue weighted by atomic mass is 19.3. The van der Waals surface area contributed by atoms with Gasteiger partial charge in [0.15, 0.2) is 18.1 Å². The van der Waals surface area contributed by atoms with Gasteiger partial charge in [-0.3, -0.25) is 0 Å². The van der Waals surface area contributed by atoms with Gasteiger partial charge in [0.25, 0.3) is 0 Å². The first-order valence-electron chi connectivity index (χ1n) is 13.2. The van der Waals surface area contributed by atoms with Crippen LogP contribution in [0.15, 0.2) is 36.4 Å². The van der Waals surface area contributed by atoms with E-state index in [0.717, 1.165) is 68.9 Å².